The fraction of sp³-hybridized carbons (Fsp3) is 0.435. The highest BCUT2D eigenvalue weighted by atomic mass is 16.3. The van der Waals surface area contributed by atoms with Crippen molar-refractivity contribution in [2.45, 2.75) is 51.5 Å². The van der Waals surface area contributed by atoms with Crippen LogP contribution in [-0.4, -0.2) is 37.8 Å². The maximum absolute atomic E-state index is 10.9. The maximum atomic E-state index is 10.9. The van der Waals surface area contributed by atoms with Gasteiger partial charge in [-0.15, -0.1) is 0 Å². The van der Waals surface area contributed by atoms with Gasteiger partial charge in [0.25, 0.3) is 0 Å². The highest BCUT2D eigenvalue weighted by Crippen LogP contribution is 2.44. The fourth-order valence-electron chi connectivity index (χ4n) is 5.18. The van der Waals surface area contributed by atoms with E-state index in [1.807, 2.05) is 12.1 Å². The number of aromatic nitrogens is 2. The SMILES string of the molecule is Cc1cc2c3c(n(CC(O)c4ccncc4)c2cc1CO)CCN1CCCC31. The number of hydrogen-bond donors (Lipinski definition) is 2. The van der Waals surface area contributed by atoms with Crippen LogP contribution in [0.2, 0.25) is 0 Å². The van der Waals surface area contributed by atoms with Gasteiger partial charge in [0.1, 0.15) is 0 Å². The molecule has 2 N–H and O–H groups in total. The van der Waals surface area contributed by atoms with Crippen LogP contribution in [0.4, 0.5) is 0 Å². The molecule has 1 saturated heterocycles. The fourth-order valence-corrected chi connectivity index (χ4v) is 5.18. The second-order valence-corrected chi connectivity index (χ2v) is 8.17. The van der Waals surface area contributed by atoms with Gasteiger partial charge in [0.05, 0.1) is 19.3 Å². The molecule has 5 heteroatoms. The molecule has 0 radical (unpaired) electrons. The summed E-state index contributed by atoms with van der Waals surface area (Å²) in [5.41, 5.74) is 6.94. The Morgan fingerprint density at radius 2 is 2.04 bits per heavy atom. The molecule has 2 aliphatic rings. The molecule has 0 spiro atoms. The topological polar surface area (TPSA) is 61.5 Å². The van der Waals surface area contributed by atoms with Gasteiger partial charge in [-0.05, 0) is 72.8 Å². The number of nitrogens with zero attached hydrogens (tertiary/aromatic N) is 3. The molecule has 5 rings (SSSR count). The third-order valence-electron chi connectivity index (χ3n) is 6.62. The third kappa shape index (κ3) is 2.77. The van der Waals surface area contributed by atoms with E-state index in [-0.39, 0.29) is 6.61 Å². The van der Waals surface area contributed by atoms with Crippen LogP contribution in [0.15, 0.2) is 36.7 Å². The lowest BCUT2D eigenvalue weighted by molar-refractivity contribution is 0.155. The lowest BCUT2D eigenvalue weighted by Gasteiger charge is -2.31. The van der Waals surface area contributed by atoms with E-state index in [9.17, 15) is 10.2 Å². The Labute approximate surface area is 165 Å². The van der Waals surface area contributed by atoms with E-state index < -0.39 is 6.10 Å². The third-order valence-corrected chi connectivity index (χ3v) is 6.62. The molecular formula is C23H27N3O2. The standard InChI is InChI=1S/C23H27N3O2/c1-15-11-18-21(12-17(15)14-27)26(13-22(28)16-4-7-24-8-5-16)20-6-10-25-9-2-3-19(25)23(18)20/h4-5,7-8,11-12,19,22,27-28H,2-3,6,9-10,13-14H2,1H3. The molecule has 0 bridgehead atoms. The molecule has 2 atom stereocenters. The van der Waals surface area contributed by atoms with Crippen molar-refractivity contribution in [1.82, 2.24) is 14.5 Å². The number of aliphatic hydroxyl groups excluding tert-OH is 2. The van der Waals surface area contributed by atoms with E-state index in [1.54, 1.807) is 12.4 Å². The van der Waals surface area contributed by atoms with Gasteiger partial charge in [-0.3, -0.25) is 9.88 Å². The highest BCUT2D eigenvalue weighted by molar-refractivity contribution is 5.88. The van der Waals surface area contributed by atoms with Crippen molar-refractivity contribution in [3.8, 4) is 0 Å². The Hall–Kier alpha value is -2.21. The number of pyridine rings is 1. The van der Waals surface area contributed by atoms with Crippen LogP contribution in [0.3, 0.4) is 0 Å². The summed E-state index contributed by atoms with van der Waals surface area (Å²) >= 11 is 0. The number of benzene rings is 1. The number of rotatable bonds is 4. The van der Waals surface area contributed by atoms with Gasteiger partial charge in [0.2, 0.25) is 0 Å². The molecule has 4 heterocycles. The molecule has 0 saturated carbocycles. The molecule has 2 aliphatic heterocycles. The lowest BCUT2D eigenvalue weighted by atomic mass is 9.94. The zero-order valence-electron chi connectivity index (χ0n) is 16.3. The summed E-state index contributed by atoms with van der Waals surface area (Å²) in [5, 5.41) is 22.0. The maximum Gasteiger partial charge on any atom is 0.0970 e. The van der Waals surface area contributed by atoms with Gasteiger partial charge in [-0.1, -0.05) is 0 Å². The Morgan fingerprint density at radius 1 is 1.21 bits per heavy atom. The van der Waals surface area contributed by atoms with E-state index in [1.165, 1.54) is 36.0 Å². The molecule has 1 aromatic carbocycles. The first kappa shape index (κ1) is 17.9. The minimum Gasteiger partial charge on any atom is -0.392 e. The van der Waals surface area contributed by atoms with Crippen molar-refractivity contribution in [2.24, 2.45) is 0 Å². The molecule has 5 nitrogen and oxygen atoms in total. The van der Waals surface area contributed by atoms with E-state index in [0.29, 0.717) is 12.6 Å². The van der Waals surface area contributed by atoms with Crippen LogP contribution in [0.25, 0.3) is 10.9 Å². The summed E-state index contributed by atoms with van der Waals surface area (Å²) in [6.45, 7) is 4.92. The zero-order valence-corrected chi connectivity index (χ0v) is 16.3. The van der Waals surface area contributed by atoms with Crippen LogP contribution in [0.1, 0.15) is 52.9 Å². The van der Waals surface area contributed by atoms with Crippen LogP contribution in [0.5, 0.6) is 0 Å². The summed E-state index contributed by atoms with van der Waals surface area (Å²) in [6.07, 6.45) is 6.35. The second-order valence-electron chi connectivity index (χ2n) is 8.17. The van der Waals surface area contributed by atoms with Gasteiger partial charge >= 0.3 is 0 Å². The van der Waals surface area contributed by atoms with Crippen molar-refractivity contribution in [1.29, 1.82) is 0 Å². The monoisotopic (exact) mass is 377 g/mol. The molecule has 3 aromatic rings. The van der Waals surface area contributed by atoms with Crippen molar-refractivity contribution < 1.29 is 10.2 Å². The minimum absolute atomic E-state index is 0.0417. The predicted molar refractivity (Wildman–Crippen MR) is 109 cm³/mol. The molecule has 0 amide bonds. The smallest absolute Gasteiger partial charge is 0.0970 e. The summed E-state index contributed by atoms with van der Waals surface area (Å²) in [4.78, 5) is 6.67. The first-order valence-corrected chi connectivity index (χ1v) is 10.2. The van der Waals surface area contributed by atoms with E-state index in [2.05, 4.69) is 33.5 Å². The summed E-state index contributed by atoms with van der Waals surface area (Å²) < 4.78 is 2.31. The first-order valence-electron chi connectivity index (χ1n) is 10.2. The Balaban J connectivity index is 1.67. The van der Waals surface area contributed by atoms with Crippen LogP contribution in [0, 0.1) is 6.92 Å². The molecule has 0 aliphatic carbocycles. The van der Waals surface area contributed by atoms with Crippen LogP contribution in [-0.2, 0) is 19.6 Å². The van der Waals surface area contributed by atoms with Gasteiger partial charge in [0, 0.05) is 48.0 Å². The summed E-state index contributed by atoms with van der Waals surface area (Å²) in [5.74, 6) is 0. The van der Waals surface area contributed by atoms with Gasteiger partial charge in [-0.2, -0.15) is 0 Å². The highest BCUT2D eigenvalue weighted by Gasteiger charge is 2.35. The van der Waals surface area contributed by atoms with Gasteiger partial charge in [0.15, 0.2) is 0 Å². The molecule has 146 valence electrons. The second kappa shape index (κ2) is 6.99. The number of fused-ring (bicyclic) bond motifs is 5. The Morgan fingerprint density at radius 3 is 2.82 bits per heavy atom. The first-order chi connectivity index (χ1) is 13.7. The Kier molecular flexibility index (Phi) is 4.46. The van der Waals surface area contributed by atoms with Crippen molar-refractivity contribution >= 4 is 10.9 Å². The van der Waals surface area contributed by atoms with E-state index >= 15 is 0 Å². The molecule has 2 aromatic heterocycles. The average molecular weight is 377 g/mol. The predicted octanol–water partition coefficient (Wildman–Crippen LogP) is 3.26. The van der Waals surface area contributed by atoms with Crippen molar-refractivity contribution in [3.05, 3.63) is 64.6 Å². The van der Waals surface area contributed by atoms with E-state index in [0.717, 1.165) is 35.2 Å². The molecule has 2 unspecified atom stereocenters. The lowest BCUT2D eigenvalue weighted by Crippen LogP contribution is -2.31. The Bertz CT molecular complexity index is 1010. The van der Waals surface area contributed by atoms with E-state index in [4.69, 9.17) is 0 Å². The van der Waals surface area contributed by atoms with Gasteiger partial charge in [-0.25, -0.2) is 0 Å². The number of aliphatic hydroxyl groups is 2. The van der Waals surface area contributed by atoms with Gasteiger partial charge < -0.3 is 14.8 Å². The molecular weight excluding hydrogens is 350 g/mol. The van der Waals surface area contributed by atoms with Crippen LogP contribution >= 0.6 is 0 Å². The normalized spacial score (nSPS) is 20.3. The zero-order chi connectivity index (χ0) is 19.3. The quantitative estimate of drug-likeness (QED) is 0.733. The summed E-state index contributed by atoms with van der Waals surface area (Å²) in [7, 11) is 0. The summed E-state index contributed by atoms with van der Waals surface area (Å²) in [6, 6.07) is 8.62. The van der Waals surface area contributed by atoms with Crippen molar-refractivity contribution in [3.63, 3.8) is 0 Å². The molecule has 1 fully saturated rings. The number of hydrogen-bond acceptors (Lipinski definition) is 4. The molecule has 28 heavy (non-hydrogen) atoms. The number of aryl methyl sites for hydroxylation is 1. The van der Waals surface area contributed by atoms with Crippen LogP contribution < -0.4 is 0 Å². The average Bonchev–Trinajstić information content (AvgIpc) is 3.31. The largest absolute Gasteiger partial charge is 0.392 e. The van der Waals surface area contributed by atoms with Crippen molar-refractivity contribution in [2.75, 3.05) is 13.1 Å². The minimum atomic E-state index is -0.580.